The van der Waals surface area contributed by atoms with E-state index in [9.17, 15) is 4.79 Å². The van der Waals surface area contributed by atoms with Crippen LogP contribution >= 0.6 is 27.7 Å². The number of hydrogen-bond donors (Lipinski definition) is 1. The largest absolute Gasteiger partial charge is 0.494 e. The topological polar surface area (TPSA) is 78.3 Å². The Morgan fingerprint density at radius 1 is 1.30 bits per heavy atom. The minimum Gasteiger partial charge on any atom is -0.494 e. The van der Waals surface area contributed by atoms with E-state index >= 15 is 0 Å². The van der Waals surface area contributed by atoms with E-state index in [1.54, 1.807) is 23.4 Å². The molecular formula is C21H27BrN4O3S. The summed E-state index contributed by atoms with van der Waals surface area (Å²) in [7, 11) is 0. The molecule has 9 heteroatoms. The van der Waals surface area contributed by atoms with E-state index in [0.717, 1.165) is 28.6 Å². The Balaban J connectivity index is 2.13. The van der Waals surface area contributed by atoms with Crippen LogP contribution in [0, 0.1) is 0 Å². The van der Waals surface area contributed by atoms with Crippen molar-refractivity contribution in [1.29, 1.82) is 0 Å². The van der Waals surface area contributed by atoms with Crippen molar-refractivity contribution in [2.24, 2.45) is 0 Å². The average Bonchev–Trinajstić information content (AvgIpc) is 3.11. The quantitative estimate of drug-likeness (QED) is 0.292. The van der Waals surface area contributed by atoms with Crippen molar-refractivity contribution in [2.45, 2.75) is 51.7 Å². The van der Waals surface area contributed by atoms with E-state index in [1.807, 2.05) is 32.0 Å². The van der Waals surface area contributed by atoms with Crippen molar-refractivity contribution in [3.8, 4) is 5.75 Å². The first-order chi connectivity index (χ1) is 14.5. The molecule has 1 aliphatic rings. The van der Waals surface area contributed by atoms with Crippen LogP contribution < -0.4 is 10.1 Å². The number of nitrogens with zero attached hydrogens (tertiary/aromatic N) is 3. The number of ether oxygens (including phenoxy) is 2. The lowest BCUT2D eigenvalue weighted by atomic mass is 9.95. The molecule has 30 heavy (non-hydrogen) atoms. The molecule has 1 aliphatic heterocycles. The lowest BCUT2D eigenvalue weighted by molar-refractivity contribution is -0.139. The van der Waals surface area contributed by atoms with Gasteiger partial charge in [-0.25, -0.2) is 9.48 Å². The van der Waals surface area contributed by atoms with Crippen LogP contribution in [-0.4, -0.2) is 39.7 Å². The Morgan fingerprint density at radius 2 is 2.10 bits per heavy atom. The van der Waals surface area contributed by atoms with Gasteiger partial charge >= 0.3 is 5.97 Å². The molecule has 0 spiro atoms. The summed E-state index contributed by atoms with van der Waals surface area (Å²) in [6.07, 6.45) is 2.21. The van der Waals surface area contributed by atoms with Crippen molar-refractivity contribution in [3.05, 3.63) is 39.5 Å². The molecular weight excluding hydrogens is 468 g/mol. The van der Waals surface area contributed by atoms with Crippen LogP contribution in [0.25, 0.3) is 0 Å². The Bertz CT molecular complexity index is 944. The molecule has 0 bridgehead atoms. The number of allylic oxidation sites excluding steroid dienone is 1. The molecule has 0 aliphatic carbocycles. The maximum Gasteiger partial charge on any atom is 0.338 e. The number of anilines is 1. The second-order valence-electron chi connectivity index (χ2n) is 6.77. The highest BCUT2D eigenvalue weighted by Gasteiger charge is 2.37. The van der Waals surface area contributed by atoms with E-state index in [-0.39, 0.29) is 5.97 Å². The van der Waals surface area contributed by atoms with Gasteiger partial charge in [0.2, 0.25) is 11.1 Å². The average molecular weight is 495 g/mol. The molecule has 2 aromatic rings. The number of unbranched alkanes of at least 4 members (excludes halogenated alkanes) is 1. The van der Waals surface area contributed by atoms with Gasteiger partial charge in [0.15, 0.2) is 0 Å². The van der Waals surface area contributed by atoms with Crippen molar-refractivity contribution in [3.63, 3.8) is 0 Å². The molecule has 1 aromatic heterocycles. The lowest BCUT2D eigenvalue weighted by Gasteiger charge is -2.29. The van der Waals surface area contributed by atoms with Gasteiger partial charge in [0, 0.05) is 21.5 Å². The van der Waals surface area contributed by atoms with Crippen LogP contribution in [0.3, 0.4) is 0 Å². The van der Waals surface area contributed by atoms with E-state index in [4.69, 9.17) is 14.6 Å². The fraction of sp³-hybridized carbons (Fsp3) is 0.476. The van der Waals surface area contributed by atoms with Crippen molar-refractivity contribution in [1.82, 2.24) is 14.8 Å². The van der Waals surface area contributed by atoms with Gasteiger partial charge in [0.1, 0.15) is 11.8 Å². The smallest absolute Gasteiger partial charge is 0.338 e. The number of esters is 1. The predicted molar refractivity (Wildman–Crippen MR) is 122 cm³/mol. The number of aromatic nitrogens is 3. The molecule has 3 rings (SSSR count). The highest BCUT2D eigenvalue weighted by Crippen LogP contribution is 2.41. The van der Waals surface area contributed by atoms with Gasteiger partial charge < -0.3 is 14.8 Å². The number of hydrogen-bond acceptors (Lipinski definition) is 7. The van der Waals surface area contributed by atoms with Crippen LogP contribution in [-0.2, 0) is 9.53 Å². The summed E-state index contributed by atoms with van der Waals surface area (Å²) in [5.41, 5.74) is 2.02. The fourth-order valence-corrected chi connectivity index (χ4v) is 4.57. The zero-order valence-electron chi connectivity index (χ0n) is 17.7. The normalized spacial score (nSPS) is 15.6. The van der Waals surface area contributed by atoms with Crippen molar-refractivity contribution in [2.75, 3.05) is 24.3 Å². The van der Waals surface area contributed by atoms with E-state index < -0.39 is 6.04 Å². The maximum atomic E-state index is 12.9. The molecule has 0 saturated heterocycles. The summed E-state index contributed by atoms with van der Waals surface area (Å²) in [6.45, 7) is 8.56. The number of carbonyl (C=O) groups excluding carboxylic acids is 1. The molecule has 1 aromatic carbocycles. The van der Waals surface area contributed by atoms with Crippen molar-refractivity contribution < 1.29 is 14.3 Å². The monoisotopic (exact) mass is 494 g/mol. The lowest BCUT2D eigenvalue weighted by Crippen LogP contribution is -2.30. The number of thioether (sulfide) groups is 1. The summed E-state index contributed by atoms with van der Waals surface area (Å²) >= 11 is 5.17. The van der Waals surface area contributed by atoms with Gasteiger partial charge in [-0.2, -0.15) is 4.98 Å². The summed E-state index contributed by atoms with van der Waals surface area (Å²) in [6, 6.07) is 5.27. The zero-order chi connectivity index (χ0) is 21.7. The number of rotatable bonds is 9. The molecule has 0 radical (unpaired) electrons. The van der Waals surface area contributed by atoms with Crippen LogP contribution in [0.5, 0.6) is 5.75 Å². The standard InChI is InChI=1S/C21H27BrN4O3S/c1-5-8-11-30-21-24-20-23-13(4)17(19(27)29-7-3)18(26(20)25-21)15-12-14(22)9-10-16(15)28-6-2/h9-10,12,18H,5-8,11H2,1-4H3,(H,23,24,25). The number of nitrogens with one attached hydrogen (secondary N) is 1. The minimum atomic E-state index is -0.507. The molecule has 0 amide bonds. The maximum absolute atomic E-state index is 12.9. The Hall–Kier alpha value is -2.00. The predicted octanol–water partition coefficient (Wildman–Crippen LogP) is 5.18. The molecule has 162 valence electrons. The molecule has 1 unspecified atom stereocenters. The van der Waals surface area contributed by atoms with E-state index in [1.165, 1.54) is 0 Å². The van der Waals surface area contributed by atoms with Gasteiger partial charge in [-0.1, -0.05) is 41.0 Å². The highest BCUT2D eigenvalue weighted by molar-refractivity contribution is 9.10. The van der Waals surface area contributed by atoms with Gasteiger partial charge in [-0.15, -0.1) is 5.10 Å². The second-order valence-corrected chi connectivity index (χ2v) is 8.74. The number of carbonyl (C=O) groups is 1. The number of halogens is 1. The second kappa shape index (κ2) is 10.3. The van der Waals surface area contributed by atoms with Crippen molar-refractivity contribution >= 4 is 39.6 Å². The summed E-state index contributed by atoms with van der Waals surface area (Å²) in [4.78, 5) is 17.6. The van der Waals surface area contributed by atoms with Gasteiger partial charge in [0.25, 0.3) is 0 Å². The Labute approximate surface area is 189 Å². The van der Waals surface area contributed by atoms with E-state index in [2.05, 4.69) is 33.2 Å². The molecule has 1 atom stereocenters. The van der Waals surface area contributed by atoms with Gasteiger partial charge in [-0.05, 0) is 45.4 Å². The van der Waals surface area contributed by atoms with Crippen LogP contribution in [0.15, 0.2) is 39.1 Å². The third kappa shape index (κ3) is 4.83. The highest BCUT2D eigenvalue weighted by atomic mass is 79.9. The van der Waals surface area contributed by atoms with Gasteiger partial charge in [-0.3, -0.25) is 0 Å². The first-order valence-corrected chi connectivity index (χ1v) is 11.9. The molecule has 0 fully saturated rings. The molecule has 2 heterocycles. The van der Waals surface area contributed by atoms with Crippen LogP contribution in [0.2, 0.25) is 0 Å². The van der Waals surface area contributed by atoms with Gasteiger partial charge in [0.05, 0.1) is 18.8 Å². The number of benzene rings is 1. The SMILES string of the molecule is CCCCSc1nc2n(n1)C(c1cc(Br)ccc1OCC)C(C(=O)OCC)=C(C)N2. The first kappa shape index (κ1) is 22.7. The summed E-state index contributed by atoms with van der Waals surface area (Å²) in [5, 5.41) is 8.64. The van der Waals surface area contributed by atoms with Crippen LogP contribution in [0.4, 0.5) is 5.95 Å². The zero-order valence-corrected chi connectivity index (χ0v) is 20.1. The molecule has 7 nitrogen and oxygen atoms in total. The van der Waals surface area contributed by atoms with E-state index in [0.29, 0.717) is 41.3 Å². The fourth-order valence-electron chi connectivity index (χ4n) is 3.28. The Kier molecular flexibility index (Phi) is 7.82. The Morgan fingerprint density at radius 3 is 2.80 bits per heavy atom. The molecule has 1 N–H and O–H groups in total. The third-order valence-electron chi connectivity index (χ3n) is 4.62. The number of fused-ring (bicyclic) bond motifs is 1. The molecule has 0 saturated carbocycles. The minimum absolute atomic E-state index is 0.293. The third-order valence-corrected chi connectivity index (χ3v) is 6.04. The summed E-state index contributed by atoms with van der Waals surface area (Å²) in [5.74, 6) is 1.87. The van der Waals surface area contributed by atoms with Crippen LogP contribution in [0.1, 0.15) is 52.1 Å². The first-order valence-electron chi connectivity index (χ1n) is 10.2. The summed E-state index contributed by atoms with van der Waals surface area (Å²) < 4.78 is 13.9.